The van der Waals surface area contributed by atoms with Gasteiger partial charge in [0.25, 0.3) is 5.91 Å². The van der Waals surface area contributed by atoms with Gasteiger partial charge in [0.15, 0.2) is 6.10 Å². The van der Waals surface area contributed by atoms with Crippen molar-refractivity contribution in [2.24, 2.45) is 0 Å². The molecule has 0 spiro atoms. The lowest BCUT2D eigenvalue weighted by Gasteiger charge is -2.39. The molecule has 1 saturated heterocycles. The Morgan fingerprint density at radius 3 is 2.82 bits per heavy atom. The molecule has 1 aromatic heterocycles. The van der Waals surface area contributed by atoms with Crippen LogP contribution in [0.1, 0.15) is 23.5 Å². The zero-order valence-electron chi connectivity index (χ0n) is 12.5. The number of hydrogen-bond donors (Lipinski definition) is 2. The second kappa shape index (κ2) is 6.29. The van der Waals surface area contributed by atoms with E-state index in [0.29, 0.717) is 18.7 Å². The van der Waals surface area contributed by atoms with Gasteiger partial charge < -0.3 is 15.0 Å². The molecule has 1 amide bonds. The number of nitrogens with zero attached hydrogens (tertiary/aromatic N) is 3. The zero-order chi connectivity index (χ0) is 15.5. The Balaban J connectivity index is 1.73. The van der Waals surface area contributed by atoms with E-state index in [9.17, 15) is 9.90 Å². The third kappa shape index (κ3) is 2.88. The number of aromatic amines is 1. The number of aliphatic hydroxyl groups is 1. The van der Waals surface area contributed by atoms with Crippen LogP contribution < -0.4 is 0 Å². The van der Waals surface area contributed by atoms with Gasteiger partial charge in [-0.2, -0.15) is 0 Å². The highest BCUT2D eigenvalue weighted by molar-refractivity contribution is 5.82. The van der Waals surface area contributed by atoms with Crippen LogP contribution in [0.25, 0.3) is 0 Å². The van der Waals surface area contributed by atoms with E-state index in [0.717, 1.165) is 12.4 Å². The normalized spacial score (nSPS) is 20.8. The average molecular weight is 300 g/mol. The van der Waals surface area contributed by atoms with Gasteiger partial charge in [-0.25, -0.2) is 4.98 Å². The minimum absolute atomic E-state index is 0.0238. The molecule has 2 N–H and O–H groups in total. The number of H-pyrrole nitrogens is 1. The van der Waals surface area contributed by atoms with E-state index < -0.39 is 6.10 Å². The highest BCUT2D eigenvalue weighted by atomic mass is 16.3. The maximum Gasteiger partial charge on any atom is 0.256 e. The van der Waals surface area contributed by atoms with E-state index in [1.807, 2.05) is 25.2 Å². The fraction of sp³-hybridized carbons (Fsp3) is 0.375. The fourth-order valence-corrected chi connectivity index (χ4v) is 2.78. The molecule has 1 unspecified atom stereocenters. The number of rotatable bonds is 3. The number of amides is 1. The molecule has 0 bridgehead atoms. The van der Waals surface area contributed by atoms with Crippen LogP contribution in [0.5, 0.6) is 0 Å². The first-order valence-electron chi connectivity index (χ1n) is 7.38. The summed E-state index contributed by atoms with van der Waals surface area (Å²) >= 11 is 0. The Hall–Kier alpha value is -2.18. The van der Waals surface area contributed by atoms with Gasteiger partial charge in [0, 0.05) is 32.0 Å². The molecule has 6 heteroatoms. The van der Waals surface area contributed by atoms with Gasteiger partial charge in [0.2, 0.25) is 0 Å². The number of carbonyl (C=O) groups is 1. The Morgan fingerprint density at radius 2 is 2.14 bits per heavy atom. The number of piperazine rings is 1. The third-order valence-electron chi connectivity index (χ3n) is 4.14. The number of likely N-dealkylation sites (N-methyl/N-ethyl adjacent to an activating group) is 1. The van der Waals surface area contributed by atoms with Gasteiger partial charge in [0.1, 0.15) is 5.82 Å². The predicted molar refractivity (Wildman–Crippen MR) is 81.9 cm³/mol. The monoisotopic (exact) mass is 300 g/mol. The number of aliphatic hydroxyl groups excluding tert-OH is 1. The van der Waals surface area contributed by atoms with Crippen molar-refractivity contribution >= 4 is 5.91 Å². The summed E-state index contributed by atoms with van der Waals surface area (Å²) in [5, 5.41) is 10.3. The van der Waals surface area contributed by atoms with Crippen LogP contribution in [0.4, 0.5) is 0 Å². The van der Waals surface area contributed by atoms with E-state index in [-0.39, 0.29) is 11.9 Å². The van der Waals surface area contributed by atoms with Gasteiger partial charge in [-0.05, 0) is 12.6 Å². The number of carbonyl (C=O) groups excluding carboxylic acids is 1. The summed E-state index contributed by atoms with van der Waals surface area (Å²) in [6.07, 6.45) is 2.38. The SMILES string of the molecule is CN1CCN(C(=O)[C@H](O)c2ccccc2)CC1c1ncc[nH]1. The van der Waals surface area contributed by atoms with Crippen molar-refractivity contribution in [3.05, 3.63) is 54.1 Å². The summed E-state index contributed by atoms with van der Waals surface area (Å²) in [7, 11) is 2.02. The molecule has 116 valence electrons. The Morgan fingerprint density at radius 1 is 1.36 bits per heavy atom. The van der Waals surface area contributed by atoms with Gasteiger partial charge in [0.05, 0.1) is 6.04 Å². The van der Waals surface area contributed by atoms with Gasteiger partial charge in [-0.1, -0.05) is 30.3 Å². The maximum atomic E-state index is 12.5. The average Bonchev–Trinajstić information content (AvgIpc) is 3.09. The van der Waals surface area contributed by atoms with E-state index in [2.05, 4.69) is 14.9 Å². The summed E-state index contributed by atoms with van der Waals surface area (Å²) in [5.41, 5.74) is 0.626. The molecule has 0 radical (unpaired) electrons. The molecular weight excluding hydrogens is 280 g/mol. The molecule has 0 aliphatic carbocycles. The van der Waals surface area contributed by atoms with Gasteiger partial charge in [-0.15, -0.1) is 0 Å². The van der Waals surface area contributed by atoms with Crippen molar-refractivity contribution in [3.63, 3.8) is 0 Å². The molecule has 1 aromatic carbocycles. The van der Waals surface area contributed by atoms with E-state index in [1.54, 1.807) is 29.4 Å². The standard InChI is InChI=1S/C16H20N4O2/c1-19-9-10-20(11-13(19)15-17-7-8-18-15)16(22)14(21)12-5-3-2-4-6-12/h2-8,13-14,21H,9-11H2,1H3,(H,17,18)/t13?,14-/m1/s1. The maximum absolute atomic E-state index is 12.5. The van der Waals surface area contributed by atoms with Crippen LogP contribution in [0, 0.1) is 0 Å². The van der Waals surface area contributed by atoms with E-state index >= 15 is 0 Å². The van der Waals surface area contributed by atoms with E-state index in [4.69, 9.17) is 0 Å². The van der Waals surface area contributed by atoms with Crippen molar-refractivity contribution in [2.75, 3.05) is 26.7 Å². The fourth-order valence-electron chi connectivity index (χ4n) is 2.78. The zero-order valence-corrected chi connectivity index (χ0v) is 12.5. The van der Waals surface area contributed by atoms with Gasteiger partial charge in [-0.3, -0.25) is 9.69 Å². The van der Waals surface area contributed by atoms with Crippen molar-refractivity contribution in [2.45, 2.75) is 12.1 Å². The molecule has 0 saturated carbocycles. The van der Waals surface area contributed by atoms with E-state index in [1.165, 1.54) is 0 Å². The lowest BCUT2D eigenvalue weighted by molar-refractivity contribution is -0.143. The summed E-state index contributed by atoms with van der Waals surface area (Å²) in [6.45, 7) is 1.88. The van der Waals surface area contributed by atoms with Crippen LogP contribution in [0.2, 0.25) is 0 Å². The minimum Gasteiger partial charge on any atom is -0.378 e. The van der Waals surface area contributed by atoms with Crippen molar-refractivity contribution in [3.8, 4) is 0 Å². The number of nitrogens with one attached hydrogen (secondary N) is 1. The van der Waals surface area contributed by atoms with Crippen LogP contribution in [-0.2, 0) is 4.79 Å². The summed E-state index contributed by atoms with van der Waals surface area (Å²) < 4.78 is 0. The lowest BCUT2D eigenvalue weighted by Crippen LogP contribution is -2.50. The number of hydrogen-bond acceptors (Lipinski definition) is 4. The molecule has 2 heterocycles. The first kappa shape index (κ1) is 14.7. The van der Waals surface area contributed by atoms with Crippen LogP contribution in [-0.4, -0.2) is 57.5 Å². The molecule has 2 aromatic rings. The number of imidazole rings is 1. The molecule has 1 fully saturated rings. The molecule has 1 aliphatic heterocycles. The second-order valence-electron chi connectivity index (χ2n) is 5.57. The summed E-state index contributed by atoms with van der Waals surface area (Å²) in [6, 6.07) is 9.06. The third-order valence-corrected chi connectivity index (χ3v) is 4.14. The Kier molecular flexibility index (Phi) is 4.22. The summed E-state index contributed by atoms with van der Waals surface area (Å²) in [5.74, 6) is 0.588. The van der Waals surface area contributed by atoms with Crippen molar-refractivity contribution in [1.82, 2.24) is 19.8 Å². The number of benzene rings is 1. The minimum atomic E-state index is -1.11. The number of aromatic nitrogens is 2. The Bertz CT molecular complexity index is 614. The topological polar surface area (TPSA) is 72.5 Å². The predicted octanol–water partition coefficient (Wildman–Crippen LogP) is 0.958. The van der Waals surface area contributed by atoms with Crippen LogP contribution in [0.3, 0.4) is 0 Å². The van der Waals surface area contributed by atoms with Crippen LogP contribution in [0.15, 0.2) is 42.7 Å². The molecule has 3 rings (SSSR count). The highest BCUT2D eigenvalue weighted by Crippen LogP contribution is 2.24. The smallest absolute Gasteiger partial charge is 0.256 e. The van der Waals surface area contributed by atoms with Crippen molar-refractivity contribution < 1.29 is 9.90 Å². The second-order valence-corrected chi connectivity index (χ2v) is 5.57. The highest BCUT2D eigenvalue weighted by Gasteiger charge is 2.32. The summed E-state index contributed by atoms with van der Waals surface area (Å²) in [4.78, 5) is 23.8. The van der Waals surface area contributed by atoms with Crippen LogP contribution >= 0.6 is 0 Å². The first-order valence-corrected chi connectivity index (χ1v) is 7.38. The molecule has 6 nitrogen and oxygen atoms in total. The molecular formula is C16H20N4O2. The molecule has 2 atom stereocenters. The first-order chi connectivity index (χ1) is 10.7. The quantitative estimate of drug-likeness (QED) is 0.885. The molecule has 1 aliphatic rings. The van der Waals surface area contributed by atoms with Crippen molar-refractivity contribution in [1.29, 1.82) is 0 Å². The Labute approximate surface area is 129 Å². The lowest BCUT2D eigenvalue weighted by atomic mass is 10.1. The molecule has 22 heavy (non-hydrogen) atoms. The largest absolute Gasteiger partial charge is 0.378 e. The van der Waals surface area contributed by atoms with Gasteiger partial charge >= 0.3 is 0 Å².